The van der Waals surface area contributed by atoms with Crippen LogP contribution in [0.25, 0.3) is 0 Å². The molecular weight excluding hydrogens is 316 g/mol. The van der Waals surface area contributed by atoms with Crippen LogP contribution in [-0.2, 0) is 11.2 Å². The second-order valence-corrected chi connectivity index (χ2v) is 5.55. The van der Waals surface area contributed by atoms with Crippen LogP contribution in [-0.4, -0.2) is 23.1 Å². The highest BCUT2D eigenvalue weighted by atomic mass is 35.5. The summed E-state index contributed by atoms with van der Waals surface area (Å²) < 4.78 is 0. The van der Waals surface area contributed by atoms with E-state index in [1.54, 1.807) is 18.2 Å². The number of hydrogen-bond acceptors (Lipinski definition) is 2. The molecule has 0 radical (unpaired) electrons. The molecule has 0 aromatic heterocycles. The van der Waals surface area contributed by atoms with E-state index in [1.165, 1.54) is 0 Å². The third kappa shape index (κ3) is 5.00. The Hall–Kier alpha value is -2.53. The zero-order valence-electron chi connectivity index (χ0n) is 12.5. The van der Waals surface area contributed by atoms with Crippen molar-refractivity contribution in [3.05, 3.63) is 64.7 Å². The van der Waals surface area contributed by atoms with Gasteiger partial charge in [-0.05, 0) is 30.2 Å². The Morgan fingerprint density at radius 1 is 1.17 bits per heavy atom. The fourth-order valence-electron chi connectivity index (χ4n) is 2.05. The molecule has 0 aliphatic heterocycles. The van der Waals surface area contributed by atoms with E-state index in [1.807, 2.05) is 37.3 Å². The summed E-state index contributed by atoms with van der Waals surface area (Å²) in [4.78, 5) is 23.3. The number of carboxylic acid groups (broad SMARTS) is 1. The number of nitrogens with one attached hydrogen (secondary N) is 2. The van der Waals surface area contributed by atoms with Crippen molar-refractivity contribution < 1.29 is 14.7 Å². The average Bonchev–Trinajstić information content (AvgIpc) is 2.51. The molecule has 1 atom stereocenters. The molecule has 0 unspecified atom stereocenters. The molecule has 23 heavy (non-hydrogen) atoms. The molecule has 3 N–H and O–H groups in total. The van der Waals surface area contributed by atoms with E-state index in [9.17, 15) is 14.7 Å². The Balaban J connectivity index is 2.00. The second-order valence-electron chi connectivity index (χ2n) is 5.14. The first-order valence-electron chi connectivity index (χ1n) is 7.06. The summed E-state index contributed by atoms with van der Waals surface area (Å²) >= 11 is 5.99. The molecule has 2 aromatic carbocycles. The zero-order valence-corrected chi connectivity index (χ0v) is 13.3. The summed E-state index contributed by atoms with van der Waals surface area (Å²) in [6.07, 6.45) is 0.207. The third-order valence-electron chi connectivity index (χ3n) is 3.32. The van der Waals surface area contributed by atoms with E-state index in [0.717, 1.165) is 11.1 Å². The van der Waals surface area contributed by atoms with Gasteiger partial charge in [-0.1, -0.05) is 48.0 Å². The predicted molar refractivity (Wildman–Crippen MR) is 89.9 cm³/mol. The number of hydrogen-bond donors (Lipinski definition) is 3. The van der Waals surface area contributed by atoms with Crippen LogP contribution in [0.4, 0.5) is 10.5 Å². The largest absolute Gasteiger partial charge is 0.480 e. The summed E-state index contributed by atoms with van der Waals surface area (Å²) in [5.41, 5.74) is 2.23. The molecule has 120 valence electrons. The Morgan fingerprint density at radius 2 is 1.87 bits per heavy atom. The number of carbonyl (C=O) groups excluding carboxylic acids is 1. The van der Waals surface area contributed by atoms with Crippen LogP contribution >= 0.6 is 11.6 Å². The topological polar surface area (TPSA) is 78.4 Å². The highest BCUT2D eigenvalue weighted by molar-refractivity contribution is 6.31. The van der Waals surface area contributed by atoms with Crippen molar-refractivity contribution in [3.8, 4) is 0 Å². The quantitative estimate of drug-likeness (QED) is 0.784. The van der Waals surface area contributed by atoms with E-state index in [0.29, 0.717) is 10.7 Å². The average molecular weight is 333 g/mol. The van der Waals surface area contributed by atoms with Crippen molar-refractivity contribution in [1.29, 1.82) is 0 Å². The molecule has 0 saturated heterocycles. The van der Waals surface area contributed by atoms with Crippen LogP contribution in [0.5, 0.6) is 0 Å². The number of benzene rings is 2. The Kier molecular flexibility index (Phi) is 5.60. The van der Waals surface area contributed by atoms with Gasteiger partial charge < -0.3 is 15.7 Å². The minimum atomic E-state index is -1.09. The fourth-order valence-corrected chi connectivity index (χ4v) is 2.23. The van der Waals surface area contributed by atoms with Gasteiger partial charge in [0.15, 0.2) is 0 Å². The Morgan fingerprint density at radius 3 is 2.48 bits per heavy atom. The number of halogens is 1. The summed E-state index contributed by atoms with van der Waals surface area (Å²) in [6, 6.07) is 12.6. The number of amides is 2. The molecular formula is C17H17ClN2O3. The number of carboxylic acids is 1. The molecule has 0 aliphatic rings. The van der Waals surface area contributed by atoms with Gasteiger partial charge >= 0.3 is 12.0 Å². The van der Waals surface area contributed by atoms with Crippen LogP contribution in [0.1, 0.15) is 11.1 Å². The highest BCUT2D eigenvalue weighted by Crippen LogP contribution is 2.19. The normalized spacial score (nSPS) is 11.6. The van der Waals surface area contributed by atoms with Crippen molar-refractivity contribution in [3.63, 3.8) is 0 Å². The van der Waals surface area contributed by atoms with Crippen LogP contribution in [0.2, 0.25) is 5.02 Å². The summed E-state index contributed by atoms with van der Waals surface area (Å²) in [5, 5.41) is 14.8. The molecule has 0 spiro atoms. The lowest BCUT2D eigenvalue weighted by molar-refractivity contribution is -0.139. The van der Waals surface area contributed by atoms with Gasteiger partial charge in [-0.25, -0.2) is 9.59 Å². The smallest absolute Gasteiger partial charge is 0.326 e. The van der Waals surface area contributed by atoms with Crippen molar-refractivity contribution in [1.82, 2.24) is 5.32 Å². The van der Waals surface area contributed by atoms with Gasteiger partial charge in [-0.2, -0.15) is 0 Å². The van der Waals surface area contributed by atoms with Gasteiger partial charge in [-0.15, -0.1) is 0 Å². The highest BCUT2D eigenvalue weighted by Gasteiger charge is 2.20. The van der Waals surface area contributed by atoms with E-state index in [2.05, 4.69) is 10.6 Å². The van der Waals surface area contributed by atoms with Gasteiger partial charge in [0.1, 0.15) is 6.04 Å². The van der Waals surface area contributed by atoms with Crippen LogP contribution < -0.4 is 10.6 Å². The van der Waals surface area contributed by atoms with Gasteiger partial charge in [0.25, 0.3) is 0 Å². The Labute approximate surface area is 139 Å². The van der Waals surface area contributed by atoms with Gasteiger partial charge in [-0.3, -0.25) is 0 Å². The minimum absolute atomic E-state index is 0.207. The lowest BCUT2D eigenvalue weighted by atomic mass is 10.1. The molecule has 2 amide bonds. The lowest BCUT2D eigenvalue weighted by Crippen LogP contribution is -2.44. The monoisotopic (exact) mass is 332 g/mol. The number of aryl methyl sites for hydroxylation is 1. The number of rotatable bonds is 5. The van der Waals surface area contributed by atoms with Crippen molar-refractivity contribution in [2.75, 3.05) is 5.32 Å². The van der Waals surface area contributed by atoms with Crippen LogP contribution in [0, 0.1) is 6.92 Å². The first-order chi connectivity index (χ1) is 11.0. The van der Waals surface area contributed by atoms with Gasteiger partial charge in [0.05, 0.1) is 0 Å². The predicted octanol–water partition coefficient (Wildman–Crippen LogP) is 3.47. The lowest BCUT2D eigenvalue weighted by Gasteiger charge is -2.15. The summed E-state index contributed by atoms with van der Waals surface area (Å²) in [5.74, 6) is -1.09. The first-order valence-corrected chi connectivity index (χ1v) is 7.44. The molecule has 2 rings (SSSR count). The van der Waals surface area contributed by atoms with Crippen LogP contribution in [0.15, 0.2) is 48.5 Å². The van der Waals surface area contributed by atoms with E-state index in [4.69, 9.17) is 11.6 Å². The molecule has 6 heteroatoms. The van der Waals surface area contributed by atoms with Crippen molar-refractivity contribution in [2.24, 2.45) is 0 Å². The molecule has 5 nitrogen and oxygen atoms in total. The minimum Gasteiger partial charge on any atom is -0.480 e. The number of anilines is 1. The summed E-state index contributed by atoms with van der Waals surface area (Å²) in [7, 11) is 0. The van der Waals surface area contributed by atoms with E-state index < -0.39 is 18.0 Å². The van der Waals surface area contributed by atoms with Crippen LogP contribution in [0.3, 0.4) is 0 Å². The standard InChI is InChI=1S/C17H17ClN2O3/c1-11-7-8-13(10-14(11)18)19-17(23)20-15(16(21)22)9-12-5-3-2-4-6-12/h2-8,10,15H,9H2,1H3,(H,21,22)(H2,19,20,23)/t15-/m0/s1. The van der Waals surface area contributed by atoms with Gasteiger partial charge in [0.2, 0.25) is 0 Å². The zero-order chi connectivity index (χ0) is 16.8. The molecule has 0 heterocycles. The van der Waals surface area contributed by atoms with E-state index >= 15 is 0 Å². The molecule has 0 aliphatic carbocycles. The first kappa shape index (κ1) is 16.8. The third-order valence-corrected chi connectivity index (χ3v) is 3.72. The molecule has 2 aromatic rings. The molecule has 0 fully saturated rings. The van der Waals surface area contributed by atoms with E-state index in [-0.39, 0.29) is 6.42 Å². The second kappa shape index (κ2) is 7.65. The fraction of sp³-hybridized carbons (Fsp3) is 0.176. The number of carbonyl (C=O) groups is 2. The molecule has 0 saturated carbocycles. The maximum absolute atomic E-state index is 12.0. The maximum atomic E-state index is 12.0. The van der Waals surface area contributed by atoms with Gasteiger partial charge in [0, 0.05) is 17.1 Å². The SMILES string of the molecule is Cc1ccc(NC(=O)N[C@@H](Cc2ccccc2)C(=O)O)cc1Cl. The Bertz CT molecular complexity index is 704. The van der Waals surface area contributed by atoms with Crippen molar-refractivity contribution >= 4 is 29.3 Å². The number of aliphatic carboxylic acids is 1. The maximum Gasteiger partial charge on any atom is 0.326 e. The summed E-state index contributed by atoms with van der Waals surface area (Å²) in [6.45, 7) is 1.85. The number of urea groups is 1. The molecule has 0 bridgehead atoms. The van der Waals surface area contributed by atoms with Crippen molar-refractivity contribution in [2.45, 2.75) is 19.4 Å².